The summed E-state index contributed by atoms with van der Waals surface area (Å²) in [4.78, 5) is 15.4. The molecule has 5 rings (SSSR count). The van der Waals surface area contributed by atoms with Crippen LogP contribution in [0.25, 0.3) is 10.8 Å². The highest BCUT2D eigenvalue weighted by molar-refractivity contribution is 7.92. The molecule has 1 amide bonds. The lowest BCUT2D eigenvalue weighted by atomic mass is 10.1. The van der Waals surface area contributed by atoms with Crippen LogP contribution in [0.5, 0.6) is 0 Å². The number of thiophene rings is 1. The van der Waals surface area contributed by atoms with Gasteiger partial charge in [0.25, 0.3) is 15.9 Å². The SMILES string of the molecule is O=C(c1cccs1)N1CCc2cc(NS(=O)(=O)c3ccc4ccccc4c3)ccc21. The quantitative estimate of drug-likeness (QED) is 0.497. The number of hydrogen-bond donors (Lipinski definition) is 1. The summed E-state index contributed by atoms with van der Waals surface area (Å²) in [5, 5.41) is 3.75. The summed E-state index contributed by atoms with van der Waals surface area (Å²) in [6, 6.07) is 21.7. The van der Waals surface area contributed by atoms with Crippen LogP contribution in [-0.4, -0.2) is 20.9 Å². The van der Waals surface area contributed by atoms with Gasteiger partial charge in [-0.25, -0.2) is 8.42 Å². The summed E-state index contributed by atoms with van der Waals surface area (Å²) in [6.45, 7) is 0.590. The van der Waals surface area contributed by atoms with E-state index in [0.29, 0.717) is 23.5 Å². The largest absolute Gasteiger partial charge is 0.307 e. The Morgan fingerprint density at radius 3 is 2.57 bits per heavy atom. The number of anilines is 2. The molecule has 0 bridgehead atoms. The van der Waals surface area contributed by atoms with Crippen LogP contribution in [0.3, 0.4) is 0 Å². The number of sulfonamides is 1. The number of nitrogens with zero attached hydrogens (tertiary/aromatic N) is 1. The standard InChI is InChI=1S/C23H18N2O3S2/c26-23(22-6-3-13-29-22)25-12-11-18-14-19(8-10-21(18)25)24-30(27,28)20-9-7-16-4-1-2-5-17(16)15-20/h1-10,13-15,24H,11-12H2. The smallest absolute Gasteiger partial charge is 0.268 e. The molecule has 0 radical (unpaired) electrons. The number of benzene rings is 3. The average Bonchev–Trinajstić information content (AvgIpc) is 3.42. The molecule has 0 aliphatic carbocycles. The first-order chi connectivity index (χ1) is 14.5. The highest BCUT2D eigenvalue weighted by atomic mass is 32.2. The maximum atomic E-state index is 12.9. The minimum absolute atomic E-state index is 0.0201. The van der Waals surface area contributed by atoms with Gasteiger partial charge in [-0.3, -0.25) is 9.52 Å². The lowest BCUT2D eigenvalue weighted by molar-refractivity contribution is 0.0993. The Morgan fingerprint density at radius 1 is 0.933 bits per heavy atom. The summed E-state index contributed by atoms with van der Waals surface area (Å²) >= 11 is 1.42. The summed E-state index contributed by atoms with van der Waals surface area (Å²) < 4.78 is 28.5. The number of hydrogen-bond acceptors (Lipinski definition) is 4. The van der Waals surface area contributed by atoms with E-state index in [1.54, 1.807) is 29.2 Å². The minimum Gasteiger partial charge on any atom is -0.307 e. The van der Waals surface area contributed by atoms with Crippen molar-refractivity contribution in [2.75, 3.05) is 16.2 Å². The van der Waals surface area contributed by atoms with Crippen molar-refractivity contribution in [3.8, 4) is 0 Å². The van der Waals surface area contributed by atoms with Crippen molar-refractivity contribution >= 4 is 49.4 Å². The highest BCUT2D eigenvalue weighted by Gasteiger charge is 2.26. The van der Waals surface area contributed by atoms with Gasteiger partial charge >= 0.3 is 0 Å². The van der Waals surface area contributed by atoms with E-state index >= 15 is 0 Å². The highest BCUT2D eigenvalue weighted by Crippen LogP contribution is 2.33. The fourth-order valence-electron chi connectivity index (χ4n) is 3.76. The lowest BCUT2D eigenvalue weighted by Gasteiger charge is -2.17. The molecule has 1 aliphatic heterocycles. The van der Waals surface area contributed by atoms with Crippen molar-refractivity contribution in [3.05, 3.63) is 88.6 Å². The molecule has 0 fully saturated rings. The molecule has 7 heteroatoms. The summed E-state index contributed by atoms with van der Waals surface area (Å²) in [5.74, 6) is -0.0201. The van der Waals surface area contributed by atoms with E-state index in [0.717, 1.165) is 22.0 Å². The summed E-state index contributed by atoms with van der Waals surface area (Å²) in [5.41, 5.74) is 2.29. The molecule has 0 atom stereocenters. The van der Waals surface area contributed by atoms with E-state index in [1.165, 1.54) is 11.3 Å². The van der Waals surface area contributed by atoms with Crippen molar-refractivity contribution in [3.63, 3.8) is 0 Å². The first-order valence-electron chi connectivity index (χ1n) is 9.51. The molecule has 2 heterocycles. The van der Waals surface area contributed by atoms with E-state index < -0.39 is 10.0 Å². The average molecular weight is 435 g/mol. The zero-order valence-corrected chi connectivity index (χ0v) is 17.5. The van der Waals surface area contributed by atoms with Gasteiger partial charge in [-0.15, -0.1) is 11.3 Å². The molecule has 1 aliphatic rings. The van der Waals surface area contributed by atoms with Crippen molar-refractivity contribution in [1.29, 1.82) is 0 Å². The molecule has 0 saturated heterocycles. The van der Waals surface area contributed by atoms with Crippen LogP contribution >= 0.6 is 11.3 Å². The third-order valence-electron chi connectivity index (χ3n) is 5.24. The Morgan fingerprint density at radius 2 is 1.77 bits per heavy atom. The van der Waals surface area contributed by atoms with Gasteiger partial charge in [-0.05, 0) is 64.5 Å². The predicted molar refractivity (Wildman–Crippen MR) is 121 cm³/mol. The second kappa shape index (κ2) is 7.27. The second-order valence-electron chi connectivity index (χ2n) is 7.14. The summed E-state index contributed by atoms with van der Waals surface area (Å²) in [6.07, 6.45) is 0.692. The third-order valence-corrected chi connectivity index (χ3v) is 7.47. The first kappa shape index (κ1) is 18.8. The number of nitrogens with one attached hydrogen (secondary N) is 1. The molecule has 150 valence electrons. The Balaban J connectivity index is 1.41. The molecule has 0 unspecified atom stereocenters. The van der Waals surface area contributed by atoms with E-state index in [1.807, 2.05) is 53.9 Å². The number of carbonyl (C=O) groups is 1. The number of carbonyl (C=O) groups excluding carboxylic acids is 1. The van der Waals surface area contributed by atoms with Gasteiger partial charge in [-0.1, -0.05) is 36.4 Å². The molecule has 0 spiro atoms. The maximum absolute atomic E-state index is 12.9. The first-order valence-corrected chi connectivity index (χ1v) is 11.9. The van der Waals surface area contributed by atoms with Crippen LogP contribution in [-0.2, 0) is 16.4 Å². The Bertz CT molecular complexity index is 1360. The van der Waals surface area contributed by atoms with E-state index in [2.05, 4.69) is 4.72 Å². The van der Waals surface area contributed by atoms with Crippen LogP contribution < -0.4 is 9.62 Å². The zero-order chi connectivity index (χ0) is 20.7. The number of rotatable bonds is 4. The van der Waals surface area contributed by atoms with Crippen LogP contribution in [0.4, 0.5) is 11.4 Å². The Kier molecular flexibility index (Phi) is 4.56. The van der Waals surface area contributed by atoms with Crippen LogP contribution in [0.2, 0.25) is 0 Å². The zero-order valence-electron chi connectivity index (χ0n) is 15.9. The lowest BCUT2D eigenvalue weighted by Crippen LogP contribution is -2.28. The van der Waals surface area contributed by atoms with Gasteiger partial charge in [0.2, 0.25) is 0 Å². The maximum Gasteiger partial charge on any atom is 0.268 e. The van der Waals surface area contributed by atoms with E-state index in [-0.39, 0.29) is 10.8 Å². The van der Waals surface area contributed by atoms with Crippen molar-refractivity contribution in [2.24, 2.45) is 0 Å². The molecule has 1 aromatic heterocycles. The molecular weight excluding hydrogens is 416 g/mol. The van der Waals surface area contributed by atoms with Crippen LogP contribution in [0.1, 0.15) is 15.2 Å². The van der Waals surface area contributed by atoms with Gasteiger partial charge in [0, 0.05) is 17.9 Å². The molecule has 5 nitrogen and oxygen atoms in total. The number of fused-ring (bicyclic) bond motifs is 2. The molecule has 0 saturated carbocycles. The fraction of sp³-hybridized carbons (Fsp3) is 0.0870. The second-order valence-corrected chi connectivity index (χ2v) is 9.77. The molecule has 4 aromatic rings. The van der Waals surface area contributed by atoms with Crippen molar-refractivity contribution in [1.82, 2.24) is 0 Å². The number of amides is 1. The van der Waals surface area contributed by atoms with Gasteiger partial charge in [0.15, 0.2) is 0 Å². The van der Waals surface area contributed by atoms with Crippen LogP contribution in [0.15, 0.2) is 83.1 Å². The summed E-state index contributed by atoms with van der Waals surface area (Å²) in [7, 11) is -3.72. The van der Waals surface area contributed by atoms with Crippen LogP contribution in [0, 0.1) is 0 Å². The molecule has 3 aromatic carbocycles. The molecule has 30 heavy (non-hydrogen) atoms. The molecule has 1 N–H and O–H groups in total. The van der Waals surface area contributed by atoms with E-state index in [9.17, 15) is 13.2 Å². The van der Waals surface area contributed by atoms with Gasteiger partial charge < -0.3 is 4.90 Å². The van der Waals surface area contributed by atoms with Crippen molar-refractivity contribution < 1.29 is 13.2 Å². The molecular formula is C23H18N2O3S2. The van der Waals surface area contributed by atoms with Gasteiger partial charge in [0.1, 0.15) is 0 Å². The fourth-order valence-corrected chi connectivity index (χ4v) is 5.51. The topological polar surface area (TPSA) is 66.5 Å². The minimum atomic E-state index is -3.72. The van der Waals surface area contributed by atoms with E-state index in [4.69, 9.17) is 0 Å². The normalized spacial score (nSPS) is 13.4. The van der Waals surface area contributed by atoms with Gasteiger partial charge in [0.05, 0.1) is 9.77 Å². The predicted octanol–water partition coefficient (Wildman–Crippen LogP) is 4.91. The van der Waals surface area contributed by atoms with Gasteiger partial charge in [-0.2, -0.15) is 0 Å². The monoisotopic (exact) mass is 434 g/mol. The third kappa shape index (κ3) is 3.36. The Hall–Kier alpha value is -3.16. The Labute approximate surface area is 178 Å². The van der Waals surface area contributed by atoms with Crippen molar-refractivity contribution in [2.45, 2.75) is 11.3 Å².